The molecule has 0 spiro atoms. The predicted molar refractivity (Wildman–Crippen MR) is 122 cm³/mol. The Balaban J connectivity index is 1.26. The van der Waals surface area contributed by atoms with E-state index in [9.17, 15) is 9.59 Å². The highest BCUT2D eigenvalue weighted by Gasteiger charge is 2.48. The summed E-state index contributed by atoms with van der Waals surface area (Å²) in [5.74, 6) is -0.243. The summed E-state index contributed by atoms with van der Waals surface area (Å²) in [6.07, 6.45) is 4.16. The van der Waals surface area contributed by atoms with E-state index in [1.807, 2.05) is 67.5 Å². The van der Waals surface area contributed by atoms with Crippen LogP contribution in [-0.4, -0.2) is 45.6 Å². The van der Waals surface area contributed by atoms with Crippen LogP contribution in [0.1, 0.15) is 29.2 Å². The molecule has 3 amide bonds. The van der Waals surface area contributed by atoms with Gasteiger partial charge in [0, 0.05) is 23.1 Å². The largest absolute Gasteiger partial charge is 0.340 e. The quantitative estimate of drug-likeness (QED) is 0.663. The molecule has 2 aromatic rings. The molecule has 166 valence electrons. The number of halogens is 1. The van der Waals surface area contributed by atoms with Crippen LogP contribution in [-0.2, 0) is 4.79 Å². The van der Waals surface area contributed by atoms with Gasteiger partial charge in [0.05, 0.1) is 12.1 Å². The van der Waals surface area contributed by atoms with Crippen molar-refractivity contribution < 1.29 is 9.59 Å². The summed E-state index contributed by atoms with van der Waals surface area (Å²) >= 11 is 6.02. The summed E-state index contributed by atoms with van der Waals surface area (Å²) in [7, 11) is 0. The first-order valence-corrected chi connectivity index (χ1v) is 11.0. The normalized spacial score (nSPS) is 24.0. The summed E-state index contributed by atoms with van der Waals surface area (Å²) in [4.78, 5) is 27.3. The number of amides is 3. The van der Waals surface area contributed by atoms with E-state index in [-0.39, 0.29) is 36.7 Å². The molecule has 3 aliphatic heterocycles. The van der Waals surface area contributed by atoms with Crippen molar-refractivity contribution in [3.8, 4) is 0 Å². The lowest BCUT2D eigenvalue weighted by atomic mass is 10.00. The van der Waals surface area contributed by atoms with E-state index in [4.69, 9.17) is 11.6 Å². The average Bonchev–Trinajstić information content (AvgIpc) is 3.33. The number of fused-ring (bicyclic) bond motifs is 3. The molecule has 8 nitrogen and oxygen atoms in total. The zero-order valence-electron chi connectivity index (χ0n) is 17.9. The molecule has 0 bridgehead atoms. The van der Waals surface area contributed by atoms with E-state index in [2.05, 4.69) is 16.2 Å². The lowest BCUT2D eigenvalue weighted by molar-refractivity contribution is -0.117. The van der Waals surface area contributed by atoms with Crippen LogP contribution < -0.4 is 16.2 Å². The van der Waals surface area contributed by atoms with Crippen molar-refractivity contribution in [2.75, 3.05) is 11.9 Å². The highest BCUT2D eigenvalue weighted by atomic mass is 35.5. The molecule has 32 heavy (non-hydrogen) atoms. The minimum Gasteiger partial charge on any atom is -0.324 e. The first-order valence-electron chi connectivity index (χ1n) is 10.6. The Kier molecular flexibility index (Phi) is 5.28. The topological polar surface area (TPSA) is 80.0 Å². The van der Waals surface area contributed by atoms with Crippen molar-refractivity contribution in [2.24, 2.45) is 0 Å². The van der Waals surface area contributed by atoms with Crippen LogP contribution in [0.15, 0.2) is 54.9 Å². The molecule has 0 radical (unpaired) electrons. The molecule has 0 aromatic heterocycles. The van der Waals surface area contributed by atoms with Crippen LogP contribution in [0.2, 0.25) is 5.02 Å². The van der Waals surface area contributed by atoms with Gasteiger partial charge in [-0.25, -0.2) is 20.7 Å². The van der Waals surface area contributed by atoms with E-state index in [0.29, 0.717) is 5.02 Å². The zero-order chi connectivity index (χ0) is 22.4. The Labute approximate surface area is 191 Å². The minimum atomic E-state index is -0.259. The second-order valence-electron chi connectivity index (χ2n) is 8.41. The van der Waals surface area contributed by atoms with Gasteiger partial charge in [-0.3, -0.25) is 9.69 Å². The third-order valence-electron chi connectivity index (χ3n) is 6.25. The number of para-hydroxylation sites is 1. The lowest BCUT2D eigenvalue weighted by Crippen LogP contribution is -2.54. The molecule has 3 N–H and O–H groups in total. The molecule has 3 unspecified atom stereocenters. The molecule has 0 saturated carbocycles. The standard InChI is InChI=1S/C23H25ClN6O2/c1-14-4-3-5-15(2)21(14)25-20(31)13-30-23(32)28-10-11-29-19(22(28)27-30)12-18(26-29)16-6-8-17(24)9-7-16/h3-11,18-19,22,26-27H,12-13H2,1-2H3,(H,25,31). The van der Waals surface area contributed by atoms with E-state index in [0.717, 1.165) is 28.8 Å². The van der Waals surface area contributed by atoms with Gasteiger partial charge in [0.1, 0.15) is 12.7 Å². The Morgan fingerprint density at radius 2 is 1.81 bits per heavy atom. The third-order valence-corrected chi connectivity index (χ3v) is 6.50. The van der Waals surface area contributed by atoms with Gasteiger partial charge in [-0.05, 0) is 49.1 Å². The number of nitrogens with zero attached hydrogens (tertiary/aromatic N) is 3. The van der Waals surface area contributed by atoms with Crippen LogP contribution in [0, 0.1) is 13.8 Å². The molecule has 3 atom stereocenters. The predicted octanol–water partition coefficient (Wildman–Crippen LogP) is 3.27. The molecule has 2 fully saturated rings. The highest BCUT2D eigenvalue weighted by molar-refractivity contribution is 6.30. The van der Waals surface area contributed by atoms with Crippen molar-refractivity contribution in [2.45, 2.75) is 38.5 Å². The molecule has 9 heteroatoms. The number of anilines is 1. The molecule has 3 aliphatic rings. The average molecular weight is 453 g/mol. The molecule has 0 aliphatic carbocycles. The SMILES string of the molecule is Cc1cccc(C)c1NC(=O)CN1NC2C3CC(c4ccc(Cl)cc4)NN3C=CN2C1=O. The fraction of sp³-hybridized carbons (Fsp3) is 0.304. The van der Waals surface area contributed by atoms with Crippen LogP contribution in [0.5, 0.6) is 0 Å². The van der Waals surface area contributed by atoms with E-state index >= 15 is 0 Å². The number of urea groups is 1. The Bertz CT molecular complexity index is 1070. The highest BCUT2D eigenvalue weighted by Crippen LogP contribution is 2.35. The van der Waals surface area contributed by atoms with Crippen molar-refractivity contribution in [1.29, 1.82) is 0 Å². The van der Waals surface area contributed by atoms with Gasteiger partial charge in [-0.15, -0.1) is 0 Å². The summed E-state index contributed by atoms with van der Waals surface area (Å²) in [5, 5.41) is 7.06. The van der Waals surface area contributed by atoms with Gasteiger partial charge in [-0.2, -0.15) is 0 Å². The van der Waals surface area contributed by atoms with Crippen molar-refractivity contribution in [3.05, 3.63) is 76.6 Å². The maximum Gasteiger partial charge on any atom is 0.340 e. The number of carbonyl (C=O) groups is 2. The van der Waals surface area contributed by atoms with Gasteiger partial charge in [0.15, 0.2) is 0 Å². The minimum absolute atomic E-state index is 0.0244. The zero-order valence-corrected chi connectivity index (χ0v) is 18.6. The Hall–Kier alpha value is -3.07. The lowest BCUT2D eigenvalue weighted by Gasteiger charge is -2.34. The summed E-state index contributed by atoms with van der Waals surface area (Å²) in [6, 6.07) is 13.5. The van der Waals surface area contributed by atoms with Gasteiger partial charge in [-0.1, -0.05) is 41.9 Å². The fourth-order valence-electron chi connectivity index (χ4n) is 4.58. The smallest absolute Gasteiger partial charge is 0.324 e. The molecule has 2 aromatic carbocycles. The molecule has 3 heterocycles. The number of nitrogens with one attached hydrogen (secondary N) is 3. The number of hydrazine groups is 2. The van der Waals surface area contributed by atoms with Gasteiger partial charge < -0.3 is 10.3 Å². The van der Waals surface area contributed by atoms with Gasteiger partial charge in [0.2, 0.25) is 5.91 Å². The molecule has 2 saturated heterocycles. The number of aryl methyl sites for hydroxylation is 2. The van der Waals surface area contributed by atoms with Crippen LogP contribution in [0.25, 0.3) is 0 Å². The number of rotatable bonds is 4. The molecular formula is C23H25ClN6O2. The summed E-state index contributed by atoms with van der Waals surface area (Å²) in [6.45, 7) is 3.83. The second-order valence-corrected chi connectivity index (χ2v) is 8.84. The first kappa shape index (κ1) is 20.8. The maximum atomic E-state index is 12.9. The van der Waals surface area contributed by atoms with Crippen molar-refractivity contribution in [1.82, 2.24) is 25.8 Å². The van der Waals surface area contributed by atoms with Crippen molar-refractivity contribution in [3.63, 3.8) is 0 Å². The van der Waals surface area contributed by atoms with Crippen LogP contribution in [0.3, 0.4) is 0 Å². The van der Waals surface area contributed by atoms with Crippen LogP contribution >= 0.6 is 11.6 Å². The van der Waals surface area contributed by atoms with E-state index in [1.165, 1.54) is 5.01 Å². The summed E-state index contributed by atoms with van der Waals surface area (Å²) in [5.41, 5.74) is 10.6. The summed E-state index contributed by atoms with van der Waals surface area (Å²) < 4.78 is 0. The molecular weight excluding hydrogens is 428 g/mol. The second kappa shape index (κ2) is 8.12. The number of carbonyl (C=O) groups excluding carboxylic acids is 2. The maximum absolute atomic E-state index is 12.9. The Morgan fingerprint density at radius 3 is 2.53 bits per heavy atom. The number of hydrogen-bond donors (Lipinski definition) is 3. The number of benzene rings is 2. The first-order chi connectivity index (χ1) is 15.4. The van der Waals surface area contributed by atoms with Crippen molar-refractivity contribution >= 4 is 29.2 Å². The van der Waals surface area contributed by atoms with Gasteiger partial charge >= 0.3 is 6.03 Å². The molecule has 5 rings (SSSR count). The van der Waals surface area contributed by atoms with E-state index in [1.54, 1.807) is 11.1 Å². The van der Waals surface area contributed by atoms with Gasteiger partial charge in [0.25, 0.3) is 0 Å². The third kappa shape index (κ3) is 3.70. The Morgan fingerprint density at radius 1 is 1.09 bits per heavy atom. The van der Waals surface area contributed by atoms with Crippen LogP contribution in [0.4, 0.5) is 10.5 Å². The number of hydrogen-bond acceptors (Lipinski definition) is 5. The van der Waals surface area contributed by atoms with E-state index < -0.39 is 0 Å². The fourth-order valence-corrected chi connectivity index (χ4v) is 4.70. The monoisotopic (exact) mass is 452 g/mol.